The Labute approximate surface area is 160 Å². The third-order valence-corrected chi connectivity index (χ3v) is 5.88. The number of fused-ring (bicyclic) bond motifs is 4. The molecule has 0 fully saturated rings. The molecule has 5 rings (SSSR count). The SMILES string of the molecule is CN(c1ccc2c(c1)C(C)(C)c1ccccc1-2)c1ccc2ccccc2n1. The zero-order chi connectivity index (χ0) is 18.6. The molecule has 3 aromatic carbocycles. The highest BCUT2D eigenvalue weighted by Gasteiger charge is 2.35. The van der Waals surface area contributed by atoms with Gasteiger partial charge in [-0.15, -0.1) is 0 Å². The fraction of sp³-hybridized carbons (Fsp3) is 0.160. The van der Waals surface area contributed by atoms with Crippen molar-refractivity contribution in [2.75, 3.05) is 11.9 Å². The van der Waals surface area contributed by atoms with Crippen LogP contribution in [0.25, 0.3) is 22.0 Å². The van der Waals surface area contributed by atoms with E-state index >= 15 is 0 Å². The Morgan fingerprint density at radius 3 is 2.37 bits per heavy atom. The third-order valence-electron chi connectivity index (χ3n) is 5.88. The summed E-state index contributed by atoms with van der Waals surface area (Å²) < 4.78 is 0. The number of rotatable bonds is 2. The number of hydrogen-bond acceptors (Lipinski definition) is 2. The van der Waals surface area contributed by atoms with Crippen LogP contribution >= 0.6 is 0 Å². The number of para-hydroxylation sites is 1. The summed E-state index contributed by atoms with van der Waals surface area (Å²) in [7, 11) is 2.09. The van der Waals surface area contributed by atoms with Gasteiger partial charge >= 0.3 is 0 Å². The first kappa shape index (κ1) is 16.1. The van der Waals surface area contributed by atoms with E-state index in [1.165, 1.54) is 27.6 Å². The molecule has 0 spiro atoms. The van der Waals surface area contributed by atoms with E-state index in [1.807, 2.05) is 12.1 Å². The highest BCUT2D eigenvalue weighted by molar-refractivity contribution is 5.84. The van der Waals surface area contributed by atoms with Crippen LogP contribution in [0.2, 0.25) is 0 Å². The minimum atomic E-state index is 0.0135. The Balaban J connectivity index is 1.60. The lowest BCUT2D eigenvalue weighted by molar-refractivity contribution is 0.660. The van der Waals surface area contributed by atoms with E-state index in [-0.39, 0.29) is 5.41 Å². The molecule has 2 nitrogen and oxygen atoms in total. The third kappa shape index (κ3) is 2.37. The Hall–Kier alpha value is -3.13. The number of pyridine rings is 1. The summed E-state index contributed by atoms with van der Waals surface area (Å²) in [6, 6.07) is 28.0. The van der Waals surface area contributed by atoms with E-state index < -0.39 is 0 Å². The van der Waals surface area contributed by atoms with E-state index in [4.69, 9.17) is 4.98 Å². The number of benzene rings is 3. The molecule has 0 aliphatic heterocycles. The van der Waals surface area contributed by atoms with Gasteiger partial charge in [-0.1, -0.05) is 62.4 Å². The predicted molar refractivity (Wildman–Crippen MR) is 114 cm³/mol. The lowest BCUT2D eigenvalue weighted by Gasteiger charge is -2.24. The van der Waals surface area contributed by atoms with Crippen LogP contribution in [0.15, 0.2) is 78.9 Å². The zero-order valence-electron chi connectivity index (χ0n) is 15.9. The van der Waals surface area contributed by atoms with Gasteiger partial charge in [-0.25, -0.2) is 4.98 Å². The van der Waals surface area contributed by atoms with Crippen molar-refractivity contribution in [3.8, 4) is 11.1 Å². The van der Waals surface area contributed by atoms with Gasteiger partial charge in [0, 0.05) is 23.5 Å². The van der Waals surface area contributed by atoms with Crippen molar-refractivity contribution in [1.82, 2.24) is 4.98 Å². The maximum atomic E-state index is 4.85. The molecule has 132 valence electrons. The molecule has 4 aromatic rings. The molecule has 0 N–H and O–H groups in total. The maximum absolute atomic E-state index is 4.85. The van der Waals surface area contributed by atoms with Gasteiger partial charge in [-0.3, -0.25) is 0 Å². The predicted octanol–water partition coefficient (Wildman–Crippen LogP) is 6.31. The van der Waals surface area contributed by atoms with Crippen LogP contribution in [0.5, 0.6) is 0 Å². The van der Waals surface area contributed by atoms with Crippen molar-refractivity contribution in [2.45, 2.75) is 19.3 Å². The van der Waals surface area contributed by atoms with Crippen molar-refractivity contribution in [1.29, 1.82) is 0 Å². The first-order chi connectivity index (χ1) is 13.1. The fourth-order valence-electron chi connectivity index (χ4n) is 4.28. The lowest BCUT2D eigenvalue weighted by atomic mass is 9.82. The first-order valence-electron chi connectivity index (χ1n) is 9.40. The molecule has 27 heavy (non-hydrogen) atoms. The van der Waals surface area contributed by atoms with Gasteiger partial charge in [-0.05, 0) is 52.6 Å². The minimum absolute atomic E-state index is 0.0135. The second-order valence-electron chi connectivity index (χ2n) is 7.82. The maximum Gasteiger partial charge on any atom is 0.133 e. The summed E-state index contributed by atoms with van der Waals surface area (Å²) in [5, 5.41) is 1.17. The summed E-state index contributed by atoms with van der Waals surface area (Å²) in [4.78, 5) is 7.02. The normalized spacial score (nSPS) is 14.0. The summed E-state index contributed by atoms with van der Waals surface area (Å²) in [6.45, 7) is 4.63. The lowest BCUT2D eigenvalue weighted by Crippen LogP contribution is -2.16. The summed E-state index contributed by atoms with van der Waals surface area (Å²) >= 11 is 0. The van der Waals surface area contributed by atoms with Gasteiger partial charge in [-0.2, -0.15) is 0 Å². The molecule has 0 amide bonds. The number of nitrogens with zero attached hydrogens (tertiary/aromatic N) is 2. The summed E-state index contributed by atoms with van der Waals surface area (Å²) in [5.74, 6) is 0.960. The molecule has 0 unspecified atom stereocenters. The van der Waals surface area contributed by atoms with Crippen molar-refractivity contribution < 1.29 is 0 Å². The first-order valence-corrected chi connectivity index (χ1v) is 9.40. The molecular weight excluding hydrogens is 328 g/mol. The topological polar surface area (TPSA) is 16.1 Å². The Morgan fingerprint density at radius 2 is 1.48 bits per heavy atom. The van der Waals surface area contributed by atoms with Gasteiger partial charge in [0.2, 0.25) is 0 Å². The van der Waals surface area contributed by atoms with Crippen LogP contribution < -0.4 is 4.90 Å². The second kappa shape index (κ2) is 5.68. The van der Waals surface area contributed by atoms with Gasteiger partial charge in [0.15, 0.2) is 0 Å². The van der Waals surface area contributed by atoms with E-state index in [1.54, 1.807) is 0 Å². The molecule has 1 aromatic heterocycles. The average molecular weight is 350 g/mol. The molecular formula is C25H22N2. The second-order valence-corrected chi connectivity index (χ2v) is 7.82. The molecule has 0 saturated carbocycles. The van der Waals surface area contributed by atoms with Crippen molar-refractivity contribution in [3.05, 3.63) is 90.0 Å². The van der Waals surface area contributed by atoms with Gasteiger partial charge < -0.3 is 4.90 Å². The van der Waals surface area contributed by atoms with Crippen LogP contribution in [-0.4, -0.2) is 12.0 Å². The molecule has 2 heteroatoms. The Morgan fingerprint density at radius 1 is 0.741 bits per heavy atom. The largest absolute Gasteiger partial charge is 0.329 e. The molecule has 1 heterocycles. The highest BCUT2D eigenvalue weighted by atomic mass is 15.2. The van der Waals surface area contributed by atoms with E-state index in [2.05, 4.69) is 92.5 Å². The Bertz CT molecular complexity index is 1170. The number of hydrogen-bond donors (Lipinski definition) is 0. The van der Waals surface area contributed by atoms with Crippen LogP contribution in [0.3, 0.4) is 0 Å². The highest BCUT2D eigenvalue weighted by Crippen LogP contribution is 2.49. The molecule has 0 atom stereocenters. The van der Waals surface area contributed by atoms with Crippen molar-refractivity contribution >= 4 is 22.4 Å². The molecule has 0 saturated heterocycles. The van der Waals surface area contributed by atoms with Crippen molar-refractivity contribution in [3.63, 3.8) is 0 Å². The Kier molecular flexibility index (Phi) is 3.38. The number of aromatic nitrogens is 1. The van der Waals surface area contributed by atoms with E-state index in [0.29, 0.717) is 0 Å². The van der Waals surface area contributed by atoms with Crippen LogP contribution in [0.4, 0.5) is 11.5 Å². The van der Waals surface area contributed by atoms with Gasteiger partial charge in [0.25, 0.3) is 0 Å². The standard InChI is InChI=1S/C25H22N2/c1-25(2)21-10-6-5-9-19(21)20-14-13-18(16-22(20)25)27(3)24-15-12-17-8-4-7-11-23(17)26-24/h4-16H,1-3H3. The van der Waals surface area contributed by atoms with Gasteiger partial charge in [0.05, 0.1) is 5.52 Å². The molecule has 0 radical (unpaired) electrons. The minimum Gasteiger partial charge on any atom is -0.329 e. The molecule has 0 bridgehead atoms. The zero-order valence-corrected chi connectivity index (χ0v) is 15.9. The average Bonchev–Trinajstić information content (AvgIpc) is 2.94. The monoisotopic (exact) mass is 350 g/mol. The van der Waals surface area contributed by atoms with Crippen LogP contribution in [-0.2, 0) is 5.41 Å². The number of anilines is 2. The summed E-state index contributed by atoms with van der Waals surface area (Å²) in [6.07, 6.45) is 0. The fourth-order valence-corrected chi connectivity index (χ4v) is 4.28. The quantitative estimate of drug-likeness (QED) is 0.421. The van der Waals surface area contributed by atoms with Crippen LogP contribution in [0.1, 0.15) is 25.0 Å². The summed E-state index contributed by atoms with van der Waals surface area (Å²) in [5.41, 5.74) is 7.69. The van der Waals surface area contributed by atoms with Gasteiger partial charge in [0.1, 0.15) is 5.82 Å². The van der Waals surface area contributed by atoms with Crippen LogP contribution in [0, 0.1) is 0 Å². The van der Waals surface area contributed by atoms with E-state index in [9.17, 15) is 0 Å². The van der Waals surface area contributed by atoms with Crippen molar-refractivity contribution in [2.24, 2.45) is 0 Å². The molecule has 1 aliphatic rings. The smallest absolute Gasteiger partial charge is 0.133 e. The van der Waals surface area contributed by atoms with E-state index in [0.717, 1.165) is 17.0 Å². The molecule has 1 aliphatic carbocycles.